The standard InChI is InChI=1S/C7H12Br3NOSi/c1-6(5-11,7(8,9)10)12-13(2,3)4/h1-4H3. The number of hydrogen-bond acceptors (Lipinski definition) is 2. The molecule has 0 bridgehead atoms. The van der Waals surface area contributed by atoms with Gasteiger partial charge >= 0.3 is 0 Å². The first kappa shape index (κ1) is 14.1. The minimum Gasteiger partial charge on any atom is -0.398 e. The van der Waals surface area contributed by atoms with Crippen LogP contribution in [0.2, 0.25) is 19.6 Å². The van der Waals surface area contributed by atoms with E-state index in [0.29, 0.717) is 0 Å². The summed E-state index contributed by atoms with van der Waals surface area (Å²) >= 11 is 9.97. The Bertz CT molecular complexity index is 227. The van der Waals surface area contributed by atoms with Crippen molar-refractivity contribution >= 4 is 56.1 Å². The van der Waals surface area contributed by atoms with Crippen LogP contribution in [0.1, 0.15) is 6.92 Å². The molecule has 0 radical (unpaired) electrons. The fourth-order valence-corrected chi connectivity index (χ4v) is 3.14. The molecular weight excluding hydrogens is 382 g/mol. The van der Waals surface area contributed by atoms with Crippen LogP contribution in [0.3, 0.4) is 0 Å². The van der Waals surface area contributed by atoms with E-state index in [1.807, 2.05) is 19.6 Å². The zero-order valence-corrected chi connectivity index (χ0v) is 13.7. The van der Waals surface area contributed by atoms with Crippen molar-refractivity contribution in [2.45, 2.75) is 34.3 Å². The third-order valence-electron chi connectivity index (χ3n) is 1.26. The quantitative estimate of drug-likeness (QED) is 0.525. The van der Waals surface area contributed by atoms with Crippen LogP contribution in [-0.2, 0) is 4.43 Å². The van der Waals surface area contributed by atoms with Crippen LogP contribution in [0.5, 0.6) is 0 Å². The first-order valence-electron chi connectivity index (χ1n) is 3.70. The summed E-state index contributed by atoms with van der Waals surface area (Å²) in [6, 6.07) is 2.15. The van der Waals surface area contributed by atoms with Crippen molar-refractivity contribution < 1.29 is 4.43 Å². The number of nitriles is 1. The molecule has 0 fully saturated rings. The van der Waals surface area contributed by atoms with Gasteiger partial charge in [0.15, 0.2) is 16.1 Å². The number of rotatable bonds is 2. The Morgan fingerprint density at radius 1 is 1.23 bits per heavy atom. The molecule has 0 N–H and O–H groups in total. The SMILES string of the molecule is CC(C#N)(O[Si](C)(C)C)C(Br)(Br)Br. The van der Waals surface area contributed by atoms with Gasteiger partial charge in [0.1, 0.15) is 0 Å². The Balaban J connectivity index is 4.81. The van der Waals surface area contributed by atoms with Crippen molar-refractivity contribution in [3.8, 4) is 6.07 Å². The van der Waals surface area contributed by atoms with E-state index in [-0.39, 0.29) is 0 Å². The molecule has 2 nitrogen and oxygen atoms in total. The molecule has 0 heterocycles. The summed E-state index contributed by atoms with van der Waals surface area (Å²) in [7, 11) is -1.74. The van der Waals surface area contributed by atoms with E-state index < -0.39 is 16.1 Å². The smallest absolute Gasteiger partial charge is 0.186 e. The molecule has 1 unspecified atom stereocenters. The van der Waals surface area contributed by atoms with Gasteiger partial charge in [0.2, 0.25) is 0 Å². The summed E-state index contributed by atoms with van der Waals surface area (Å²) in [5, 5.41) is 9.04. The van der Waals surface area contributed by atoms with Crippen LogP contribution < -0.4 is 0 Å². The lowest BCUT2D eigenvalue weighted by molar-refractivity contribution is 0.156. The van der Waals surface area contributed by atoms with Gasteiger partial charge in [-0.15, -0.1) is 0 Å². The first-order valence-corrected chi connectivity index (χ1v) is 9.49. The molecule has 0 aromatic carbocycles. The largest absolute Gasteiger partial charge is 0.398 e. The van der Waals surface area contributed by atoms with Gasteiger partial charge in [-0.1, -0.05) is 47.8 Å². The summed E-state index contributed by atoms with van der Waals surface area (Å²) in [6.45, 7) is 7.87. The van der Waals surface area contributed by atoms with E-state index in [2.05, 4.69) is 53.9 Å². The first-order chi connectivity index (χ1) is 5.52. The molecule has 0 rings (SSSR count). The van der Waals surface area contributed by atoms with Gasteiger partial charge < -0.3 is 4.43 Å². The van der Waals surface area contributed by atoms with Crippen molar-refractivity contribution in [3.05, 3.63) is 0 Å². The topological polar surface area (TPSA) is 33.0 Å². The summed E-state index contributed by atoms with van der Waals surface area (Å²) in [5.74, 6) is 0. The Kier molecular flexibility index (Phi) is 4.68. The highest BCUT2D eigenvalue weighted by molar-refractivity contribution is 9.39. The number of alkyl halides is 3. The second kappa shape index (κ2) is 4.31. The lowest BCUT2D eigenvalue weighted by Crippen LogP contribution is -2.47. The van der Waals surface area contributed by atoms with Gasteiger partial charge in [0.25, 0.3) is 0 Å². The lowest BCUT2D eigenvalue weighted by atomic mass is 10.2. The van der Waals surface area contributed by atoms with Crippen LogP contribution in [-0.4, -0.2) is 16.1 Å². The Morgan fingerprint density at radius 3 is 1.69 bits per heavy atom. The molecule has 0 amide bonds. The highest BCUT2D eigenvalue weighted by Crippen LogP contribution is 2.46. The molecule has 0 aromatic rings. The predicted octanol–water partition coefficient (Wildman–Crippen LogP) is 3.96. The maximum Gasteiger partial charge on any atom is 0.186 e. The van der Waals surface area contributed by atoms with E-state index in [1.165, 1.54) is 0 Å². The van der Waals surface area contributed by atoms with Gasteiger partial charge in [0, 0.05) is 0 Å². The fraction of sp³-hybridized carbons (Fsp3) is 0.857. The number of nitrogens with zero attached hydrogens (tertiary/aromatic N) is 1. The van der Waals surface area contributed by atoms with E-state index >= 15 is 0 Å². The molecule has 13 heavy (non-hydrogen) atoms. The predicted molar refractivity (Wildman–Crippen MR) is 68.0 cm³/mol. The van der Waals surface area contributed by atoms with E-state index in [1.54, 1.807) is 6.92 Å². The molecule has 1 atom stereocenters. The van der Waals surface area contributed by atoms with Gasteiger partial charge in [-0.05, 0) is 26.6 Å². The molecule has 0 aliphatic heterocycles. The van der Waals surface area contributed by atoms with Crippen LogP contribution in [0.25, 0.3) is 0 Å². The molecule has 0 spiro atoms. The Labute approximate surface area is 106 Å². The second-order valence-corrected chi connectivity index (χ2v) is 15.0. The zero-order chi connectivity index (χ0) is 10.9. The monoisotopic (exact) mass is 391 g/mol. The number of halogens is 3. The van der Waals surface area contributed by atoms with Crippen molar-refractivity contribution in [2.24, 2.45) is 0 Å². The van der Waals surface area contributed by atoms with Crippen molar-refractivity contribution in [3.63, 3.8) is 0 Å². The molecule has 0 aliphatic rings. The third-order valence-corrected chi connectivity index (χ3v) is 4.56. The molecular formula is C7H12Br3NOSi. The molecule has 0 saturated carbocycles. The third kappa shape index (κ3) is 4.43. The van der Waals surface area contributed by atoms with Crippen LogP contribution in [0, 0.1) is 11.3 Å². The van der Waals surface area contributed by atoms with Gasteiger partial charge in [-0.2, -0.15) is 5.26 Å². The summed E-state index contributed by atoms with van der Waals surface area (Å²) in [4.78, 5) is 0. The summed E-state index contributed by atoms with van der Waals surface area (Å²) in [5.41, 5.74) is -0.919. The number of hydrogen-bond donors (Lipinski definition) is 0. The lowest BCUT2D eigenvalue weighted by Gasteiger charge is -2.36. The van der Waals surface area contributed by atoms with Gasteiger partial charge in [0.05, 0.1) is 6.07 Å². The van der Waals surface area contributed by atoms with E-state index in [9.17, 15) is 0 Å². The Hall–Kier alpha value is 1.11. The molecule has 0 aromatic heterocycles. The second-order valence-electron chi connectivity index (χ2n) is 3.86. The van der Waals surface area contributed by atoms with E-state index in [0.717, 1.165) is 0 Å². The summed E-state index contributed by atoms with van der Waals surface area (Å²) in [6.07, 6.45) is 0. The van der Waals surface area contributed by atoms with Crippen molar-refractivity contribution in [2.75, 3.05) is 0 Å². The van der Waals surface area contributed by atoms with Crippen molar-refractivity contribution in [1.82, 2.24) is 0 Å². The molecule has 76 valence electrons. The maximum atomic E-state index is 9.04. The normalized spacial score (nSPS) is 17.7. The van der Waals surface area contributed by atoms with E-state index in [4.69, 9.17) is 9.69 Å². The zero-order valence-electron chi connectivity index (χ0n) is 7.99. The van der Waals surface area contributed by atoms with Gasteiger partial charge in [-0.25, -0.2) is 0 Å². The minimum absolute atomic E-state index is 0.699. The average Bonchev–Trinajstić information content (AvgIpc) is 1.81. The van der Waals surface area contributed by atoms with Crippen LogP contribution >= 0.6 is 47.8 Å². The highest BCUT2D eigenvalue weighted by Gasteiger charge is 2.47. The summed E-state index contributed by atoms with van der Waals surface area (Å²) < 4.78 is 5.08. The maximum absolute atomic E-state index is 9.04. The van der Waals surface area contributed by atoms with Crippen LogP contribution in [0.4, 0.5) is 0 Å². The Morgan fingerprint density at radius 2 is 1.62 bits per heavy atom. The average molecular weight is 394 g/mol. The van der Waals surface area contributed by atoms with Gasteiger partial charge in [-0.3, -0.25) is 0 Å². The van der Waals surface area contributed by atoms with Crippen molar-refractivity contribution in [1.29, 1.82) is 5.26 Å². The highest BCUT2D eigenvalue weighted by atomic mass is 80.0. The fourth-order valence-electron chi connectivity index (χ4n) is 0.756. The molecule has 6 heteroatoms. The molecule has 0 aliphatic carbocycles. The van der Waals surface area contributed by atoms with Crippen LogP contribution in [0.15, 0.2) is 0 Å². The minimum atomic E-state index is -1.74. The molecule has 0 saturated heterocycles.